The minimum absolute atomic E-state index is 0. The van der Waals surface area contributed by atoms with Crippen LogP contribution in [0.5, 0.6) is 0 Å². The van der Waals surface area contributed by atoms with Gasteiger partial charge >= 0.3 is 11.9 Å². The second kappa shape index (κ2) is 5.40. The van der Waals surface area contributed by atoms with Gasteiger partial charge in [-0.1, -0.05) is 0 Å². The maximum atomic E-state index is 10.5. The molecule has 72 valence electrons. The van der Waals surface area contributed by atoms with Gasteiger partial charge in [0, 0.05) is 21.7 Å². The molecule has 1 aliphatic rings. The summed E-state index contributed by atoms with van der Waals surface area (Å²) in [6, 6.07) is 0. The fraction of sp³-hybridized carbons (Fsp3) is 0.750. The van der Waals surface area contributed by atoms with Crippen LogP contribution in [0, 0.1) is 11.8 Å². The number of carbonyl (C=O) groups is 2. The molecule has 1 aliphatic carbocycles. The Morgan fingerprint density at radius 2 is 1.08 bits per heavy atom. The average molecular weight is 220 g/mol. The Kier molecular flexibility index (Phi) is 5.25. The van der Waals surface area contributed by atoms with Crippen LogP contribution in [-0.4, -0.2) is 22.2 Å². The van der Waals surface area contributed by atoms with Gasteiger partial charge in [-0.15, -0.1) is 0 Å². The van der Waals surface area contributed by atoms with Gasteiger partial charge in [0.15, 0.2) is 0 Å². The first kappa shape index (κ1) is 12.7. The number of hydrogen-bond acceptors (Lipinski definition) is 2. The maximum absolute atomic E-state index is 10.5. The Balaban J connectivity index is 0.00000144. The molecular formula is C8H12O4Ti. The molecule has 0 aliphatic heterocycles. The monoisotopic (exact) mass is 220 g/mol. The predicted octanol–water partition coefficient (Wildman–Crippen LogP) is 0.959. The number of carboxylic acid groups (broad SMARTS) is 2. The van der Waals surface area contributed by atoms with Crippen molar-refractivity contribution in [1.29, 1.82) is 0 Å². The number of carboxylic acids is 2. The summed E-state index contributed by atoms with van der Waals surface area (Å²) >= 11 is 0. The van der Waals surface area contributed by atoms with Gasteiger partial charge in [0.2, 0.25) is 0 Å². The van der Waals surface area contributed by atoms with Crippen LogP contribution in [0.15, 0.2) is 0 Å². The van der Waals surface area contributed by atoms with E-state index in [4.69, 9.17) is 10.2 Å². The predicted molar refractivity (Wildman–Crippen MR) is 40.7 cm³/mol. The van der Waals surface area contributed by atoms with Crippen LogP contribution in [0.1, 0.15) is 25.7 Å². The van der Waals surface area contributed by atoms with Crippen molar-refractivity contribution in [2.24, 2.45) is 11.8 Å². The van der Waals surface area contributed by atoms with Crippen molar-refractivity contribution in [2.75, 3.05) is 0 Å². The van der Waals surface area contributed by atoms with Gasteiger partial charge < -0.3 is 10.2 Å². The molecule has 5 heteroatoms. The van der Waals surface area contributed by atoms with E-state index < -0.39 is 11.9 Å². The summed E-state index contributed by atoms with van der Waals surface area (Å²) in [4.78, 5) is 21.0. The van der Waals surface area contributed by atoms with Crippen LogP contribution in [0.25, 0.3) is 0 Å². The molecule has 1 saturated carbocycles. The van der Waals surface area contributed by atoms with Crippen LogP contribution in [0.2, 0.25) is 0 Å². The first-order chi connectivity index (χ1) is 5.61. The standard InChI is InChI=1S/C8H12O4.Ti/c9-7(10)5-1-2-6(4-3-5)8(11)12;/h5-6H,1-4H2,(H,9,10)(H,11,12);. The van der Waals surface area contributed by atoms with E-state index in [0.29, 0.717) is 25.7 Å². The molecule has 0 radical (unpaired) electrons. The van der Waals surface area contributed by atoms with Gasteiger partial charge in [0.05, 0.1) is 11.8 Å². The summed E-state index contributed by atoms with van der Waals surface area (Å²) in [5.74, 6) is -2.22. The van der Waals surface area contributed by atoms with Crippen LogP contribution in [0.4, 0.5) is 0 Å². The van der Waals surface area contributed by atoms with Crippen molar-refractivity contribution in [3.05, 3.63) is 0 Å². The maximum Gasteiger partial charge on any atom is 0.306 e. The summed E-state index contributed by atoms with van der Waals surface area (Å²) < 4.78 is 0. The molecule has 0 saturated heterocycles. The van der Waals surface area contributed by atoms with Crippen LogP contribution >= 0.6 is 0 Å². The summed E-state index contributed by atoms with van der Waals surface area (Å²) in [5, 5.41) is 17.2. The molecule has 13 heavy (non-hydrogen) atoms. The van der Waals surface area contributed by atoms with Crippen LogP contribution in [0.3, 0.4) is 0 Å². The van der Waals surface area contributed by atoms with E-state index in [2.05, 4.69) is 0 Å². The third-order valence-corrected chi connectivity index (χ3v) is 2.43. The number of aliphatic carboxylic acids is 2. The molecule has 0 unspecified atom stereocenters. The molecular weight excluding hydrogens is 208 g/mol. The Hall–Kier alpha value is -0.346. The third kappa shape index (κ3) is 3.49. The summed E-state index contributed by atoms with van der Waals surface area (Å²) in [6.45, 7) is 0. The van der Waals surface area contributed by atoms with Gasteiger partial charge in [0.25, 0.3) is 0 Å². The van der Waals surface area contributed by atoms with Crippen molar-refractivity contribution in [1.82, 2.24) is 0 Å². The van der Waals surface area contributed by atoms with Crippen molar-refractivity contribution < 1.29 is 41.5 Å². The molecule has 0 atom stereocenters. The molecule has 0 spiro atoms. The smallest absolute Gasteiger partial charge is 0.306 e. The van der Waals surface area contributed by atoms with Crippen LogP contribution in [-0.2, 0) is 31.3 Å². The molecule has 0 aromatic heterocycles. The van der Waals surface area contributed by atoms with E-state index in [1.54, 1.807) is 0 Å². The minimum atomic E-state index is -0.793. The van der Waals surface area contributed by atoms with Crippen molar-refractivity contribution >= 4 is 11.9 Å². The number of hydrogen-bond donors (Lipinski definition) is 2. The van der Waals surface area contributed by atoms with E-state index in [-0.39, 0.29) is 33.6 Å². The van der Waals surface area contributed by atoms with E-state index in [9.17, 15) is 9.59 Å². The molecule has 0 aromatic carbocycles. The molecule has 4 nitrogen and oxygen atoms in total. The Morgan fingerprint density at radius 3 is 1.23 bits per heavy atom. The van der Waals surface area contributed by atoms with Gasteiger partial charge in [-0.05, 0) is 25.7 Å². The van der Waals surface area contributed by atoms with Gasteiger partial charge in [-0.3, -0.25) is 9.59 Å². The fourth-order valence-electron chi connectivity index (χ4n) is 1.59. The zero-order valence-electron chi connectivity index (χ0n) is 7.19. The summed E-state index contributed by atoms with van der Waals surface area (Å²) in [5.41, 5.74) is 0. The summed E-state index contributed by atoms with van der Waals surface area (Å²) in [7, 11) is 0. The molecule has 0 aromatic rings. The Labute approximate surface area is 91.2 Å². The quantitative estimate of drug-likeness (QED) is 0.679. The average Bonchev–Trinajstić information content (AvgIpc) is 2.04. The normalized spacial score (nSPS) is 27.4. The SMILES string of the molecule is O=C(O)C1CCC(C(=O)O)CC1.[Ti]. The van der Waals surface area contributed by atoms with Crippen molar-refractivity contribution in [3.63, 3.8) is 0 Å². The topological polar surface area (TPSA) is 74.6 Å². The second-order valence-electron chi connectivity index (χ2n) is 3.23. The summed E-state index contributed by atoms with van der Waals surface area (Å²) in [6.07, 6.45) is 2.03. The molecule has 0 bridgehead atoms. The largest absolute Gasteiger partial charge is 0.481 e. The zero-order valence-corrected chi connectivity index (χ0v) is 8.76. The second-order valence-corrected chi connectivity index (χ2v) is 3.23. The molecule has 1 rings (SSSR count). The van der Waals surface area contributed by atoms with Crippen molar-refractivity contribution in [3.8, 4) is 0 Å². The van der Waals surface area contributed by atoms with E-state index in [1.807, 2.05) is 0 Å². The van der Waals surface area contributed by atoms with E-state index in [1.165, 1.54) is 0 Å². The van der Waals surface area contributed by atoms with Gasteiger partial charge in [-0.2, -0.15) is 0 Å². The van der Waals surface area contributed by atoms with E-state index in [0.717, 1.165) is 0 Å². The Bertz CT molecular complexity index is 174. The van der Waals surface area contributed by atoms with Gasteiger partial charge in [0.1, 0.15) is 0 Å². The molecule has 0 amide bonds. The first-order valence-corrected chi connectivity index (χ1v) is 4.07. The molecule has 0 heterocycles. The first-order valence-electron chi connectivity index (χ1n) is 4.07. The molecule has 1 fully saturated rings. The fourth-order valence-corrected chi connectivity index (χ4v) is 1.59. The number of rotatable bonds is 2. The Morgan fingerprint density at radius 1 is 0.846 bits per heavy atom. The third-order valence-electron chi connectivity index (χ3n) is 2.43. The van der Waals surface area contributed by atoms with E-state index >= 15 is 0 Å². The molecule has 2 N–H and O–H groups in total. The minimum Gasteiger partial charge on any atom is -0.481 e. The van der Waals surface area contributed by atoms with Crippen molar-refractivity contribution in [2.45, 2.75) is 25.7 Å². The van der Waals surface area contributed by atoms with Gasteiger partial charge in [-0.25, -0.2) is 0 Å². The zero-order chi connectivity index (χ0) is 9.14. The van der Waals surface area contributed by atoms with Crippen LogP contribution < -0.4 is 0 Å².